The van der Waals surface area contributed by atoms with Crippen molar-refractivity contribution in [1.82, 2.24) is 60.9 Å². The average Bonchev–Trinajstić information content (AvgIpc) is 1.61. The number of urea groups is 1. The number of amides is 9. The number of rotatable bonds is 55. The van der Waals surface area contributed by atoms with E-state index in [1.165, 1.54) is 30.4 Å². The SMILES string of the molecule is CC[C@H](C)[C@@H]([C@@H](CC(=O)C1CCC[C@H]1[C@H](OC)[C@@H](C)C(=O)N[C@@H](Cc1ccccc1)c1nccs1)OC)N(C)C(=O)[C@@H](NC(=O)[C@H](C(C)C)N(C)C(=O)OCc1ccc(CC(=O)[C@H](CCCNC(N)=O)NC(=O)[C@@H](CC(=O)CCC(=O)N(CCOCCOCCC(=O)O)C2CCN(C(=O)CCn3c(CN(C)NC)cc4ccccc43)CC2)C(C)C)cc1)C(C)C. The van der Waals surface area contributed by atoms with Crippen LogP contribution in [0.5, 0.6) is 0 Å². The molecule has 2 aliphatic rings. The van der Waals surface area contributed by atoms with Gasteiger partial charge in [0.25, 0.3) is 0 Å². The summed E-state index contributed by atoms with van der Waals surface area (Å²) in [5.74, 6) is -7.36. The van der Waals surface area contributed by atoms with E-state index in [4.69, 9.17) is 34.5 Å². The maximum Gasteiger partial charge on any atom is 0.410 e. The molecule has 1 unspecified atom stereocenters. The Balaban J connectivity index is 0.925. The van der Waals surface area contributed by atoms with Gasteiger partial charge in [0.2, 0.25) is 35.4 Å². The molecule has 3 aromatic carbocycles. The molecule has 32 heteroatoms. The third-order valence-electron chi connectivity index (χ3n) is 24.6. The molecule has 0 bridgehead atoms. The highest BCUT2D eigenvalue weighted by Crippen LogP contribution is 2.41. The normalized spacial score (nSPS) is 16.7. The van der Waals surface area contributed by atoms with Crippen molar-refractivity contribution in [2.45, 2.75) is 233 Å². The number of para-hydroxylation sites is 1. The van der Waals surface area contributed by atoms with E-state index in [-0.39, 0.29) is 169 Å². The first kappa shape index (κ1) is 103. The lowest BCUT2D eigenvalue weighted by atomic mass is 9.79. The van der Waals surface area contributed by atoms with Gasteiger partial charge in [0.15, 0.2) is 5.78 Å². The van der Waals surface area contributed by atoms with Crippen molar-refractivity contribution in [1.29, 1.82) is 0 Å². The molecule has 2 fully saturated rings. The summed E-state index contributed by atoms with van der Waals surface area (Å²) in [6.45, 7) is 19.1. The van der Waals surface area contributed by atoms with Crippen molar-refractivity contribution in [3.63, 3.8) is 0 Å². The van der Waals surface area contributed by atoms with Gasteiger partial charge in [-0.3, -0.25) is 58.3 Å². The lowest BCUT2D eigenvalue weighted by Crippen LogP contribution is -2.60. The number of thiazole rings is 1. The first-order valence-corrected chi connectivity index (χ1v) is 45.2. The Morgan fingerprint density at radius 3 is 2.01 bits per heavy atom. The number of hydrogen-bond acceptors (Lipinski definition) is 21. The Kier molecular flexibility index (Phi) is 42.6. The van der Waals surface area contributed by atoms with Crippen LogP contribution in [0.25, 0.3) is 10.9 Å². The van der Waals surface area contributed by atoms with Crippen LogP contribution in [0.3, 0.4) is 0 Å². The van der Waals surface area contributed by atoms with Crippen molar-refractivity contribution >= 4 is 93.1 Å². The van der Waals surface area contributed by atoms with E-state index in [0.29, 0.717) is 75.8 Å². The minimum absolute atomic E-state index is 0.000112. The van der Waals surface area contributed by atoms with Crippen LogP contribution in [0.2, 0.25) is 0 Å². The predicted octanol–water partition coefficient (Wildman–Crippen LogP) is 9.89. The van der Waals surface area contributed by atoms with E-state index >= 15 is 4.79 Å². The molecule has 1 aliphatic carbocycles. The molecule has 2 aromatic heterocycles. The molecule has 1 aliphatic heterocycles. The summed E-state index contributed by atoms with van der Waals surface area (Å²) in [6.07, 6.45) is 3.61. The second-order valence-corrected chi connectivity index (χ2v) is 35.4. The summed E-state index contributed by atoms with van der Waals surface area (Å²) < 4.78 is 31.5. The van der Waals surface area contributed by atoms with E-state index in [2.05, 4.69) is 48.4 Å². The number of piperidine rings is 1. The highest BCUT2D eigenvalue weighted by molar-refractivity contribution is 7.09. The topological polar surface area (TPSA) is 391 Å². The Morgan fingerprint density at radius 2 is 1.38 bits per heavy atom. The van der Waals surface area contributed by atoms with Crippen molar-refractivity contribution in [2.24, 2.45) is 53.1 Å². The molecule has 9 amide bonds. The standard InChI is InChI=1S/C93H139N13O18S/c1-16-62(8)85(79(120-14)56-77(108)71-27-22-28-72(71)86(121-15)63(9)87(114)99-75(90-96-42-51-125-90)52-64-24-18-17-19-25-64)102(12)91(117)83(60(4)5)100-89(116)84(61(6)7)103(13)93(119)124-58-66-33-31-65(32-34-66)53-78(109)74(29-23-41-97-92(94)118)98-88(115)73(59(2)3)55-70(107)35-36-81(111)106(46-48-123-50-49-122-47-40-82(112)113)68-37-43-104(44-38-68)80(110)39-45-105-69(57-101(11)95-10)54-67-26-20-21-30-76(67)105/h17-21,24-26,30-34,42,51,54,59-63,68,71-75,79,83-86,95H,16,22-23,27-29,35-41,43-50,52-53,55-58H2,1-15H3,(H,98,115)(H,99,114)(H,100,116)(H,112,113)(H3,94,97,118)/t62-,63+,71?,72+,73-,74-,75-,79+,83-,84-,85-,86+/m0/s1. The number of nitrogens with zero attached hydrogens (tertiary/aromatic N) is 7. The molecule has 690 valence electrons. The summed E-state index contributed by atoms with van der Waals surface area (Å²) in [5, 5.41) is 26.4. The Morgan fingerprint density at radius 1 is 0.704 bits per heavy atom. The molecular formula is C93H139N13O18S. The van der Waals surface area contributed by atoms with Gasteiger partial charge in [-0.1, -0.05) is 148 Å². The number of hydrogen-bond donors (Lipinski definition) is 7. The molecule has 1 saturated heterocycles. The zero-order chi connectivity index (χ0) is 91.6. The Hall–Kier alpha value is -9.57. The van der Waals surface area contributed by atoms with E-state index in [0.717, 1.165) is 33.6 Å². The number of primary amides is 1. The van der Waals surface area contributed by atoms with Crippen LogP contribution < -0.4 is 32.4 Å². The number of nitrogens with two attached hydrogens (primary N) is 1. The number of methoxy groups -OCH3 is 2. The molecule has 12 atom stereocenters. The van der Waals surface area contributed by atoms with Gasteiger partial charge in [0, 0.05) is 147 Å². The minimum atomic E-state index is -1.09. The molecule has 3 heterocycles. The lowest BCUT2D eigenvalue weighted by Gasteiger charge is -2.40. The number of carbonyl (C=O) groups is 12. The number of ketones is 3. The Bertz CT molecular complexity index is 4270. The number of ether oxygens (including phenoxy) is 5. The maximum absolute atomic E-state index is 15.0. The lowest BCUT2D eigenvalue weighted by molar-refractivity contribution is -0.145. The van der Waals surface area contributed by atoms with E-state index in [1.807, 2.05) is 113 Å². The Labute approximate surface area is 741 Å². The van der Waals surface area contributed by atoms with Crippen LogP contribution in [0, 0.1) is 47.3 Å². The molecule has 1 saturated carbocycles. The van der Waals surface area contributed by atoms with E-state index in [9.17, 15) is 52.7 Å². The highest BCUT2D eigenvalue weighted by atomic mass is 32.1. The molecule has 5 aromatic rings. The fraction of sp³-hybridized carbons (Fsp3) is 0.624. The van der Waals surface area contributed by atoms with Gasteiger partial charge in [0.1, 0.15) is 35.3 Å². The summed E-state index contributed by atoms with van der Waals surface area (Å²) in [7, 11) is 10.0. The average molecular weight is 1760 g/mol. The van der Waals surface area contributed by atoms with Crippen LogP contribution in [0.1, 0.15) is 186 Å². The number of fused-ring (bicyclic) bond motifs is 1. The summed E-state index contributed by atoms with van der Waals surface area (Å²) in [6, 6.07) is 21.7. The predicted molar refractivity (Wildman–Crippen MR) is 477 cm³/mol. The number of likely N-dealkylation sites (N-methyl/N-ethyl adjacent to an activating group) is 2. The zero-order valence-electron chi connectivity index (χ0n) is 76.1. The van der Waals surface area contributed by atoms with Crippen LogP contribution in [0.15, 0.2) is 96.5 Å². The van der Waals surface area contributed by atoms with Crippen molar-refractivity contribution in [3.05, 3.63) is 124 Å². The van der Waals surface area contributed by atoms with Crippen LogP contribution in [-0.2, 0) is 104 Å². The summed E-state index contributed by atoms with van der Waals surface area (Å²) in [4.78, 5) is 177. The second-order valence-electron chi connectivity index (χ2n) is 34.5. The number of carbonyl (C=O) groups excluding carboxylic acids is 11. The maximum atomic E-state index is 15.0. The van der Waals surface area contributed by atoms with E-state index in [1.54, 1.807) is 82.1 Å². The number of aliphatic carboxylic acids is 1. The second kappa shape index (κ2) is 51.9. The van der Waals surface area contributed by atoms with Gasteiger partial charge in [-0.2, -0.15) is 0 Å². The van der Waals surface area contributed by atoms with Gasteiger partial charge in [-0.25, -0.2) is 19.6 Å². The number of nitrogens with one attached hydrogen (secondary N) is 5. The molecule has 0 spiro atoms. The number of aromatic nitrogens is 2. The largest absolute Gasteiger partial charge is 0.481 e. The fourth-order valence-electron chi connectivity index (χ4n) is 17.3. The minimum Gasteiger partial charge on any atom is -0.481 e. The first-order chi connectivity index (χ1) is 59.7. The van der Waals surface area contributed by atoms with Gasteiger partial charge in [-0.15, -0.1) is 11.3 Å². The summed E-state index contributed by atoms with van der Waals surface area (Å²) in [5.41, 5.74) is 12.8. The first-order valence-electron chi connectivity index (χ1n) is 44.3. The van der Waals surface area contributed by atoms with Gasteiger partial charge >= 0.3 is 18.1 Å². The van der Waals surface area contributed by atoms with Crippen LogP contribution in [-0.4, -0.2) is 248 Å². The number of benzene rings is 3. The third-order valence-corrected chi connectivity index (χ3v) is 25.5. The monoisotopic (exact) mass is 1760 g/mol. The molecular weight excluding hydrogens is 1620 g/mol. The smallest absolute Gasteiger partial charge is 0.410 e. The molecule has 125 heavy (non-hydrogen) atoms. The van der Waals surface area contributed by atoms with Gasteiger partial charge in [-0.05, 0) is 116 Å². The zero-order valence-corrected chi connectivity index (χ0v) is 76.9. The van der Waals surface area contributed by atoms with E-state index < -0.39 is 102 Å². The molecule has 0 radical (unpaired) electrons. The van der Waals surface area contributed by atoms with Crippen molar-refractivity contribution in [2.75, 3.05) is 95.0 Å². The van der Waals surface area contributed by atoms with Crippen LogP contribution in [0.4, 0.5) is 9.59 Å². The fourth-order valence-corrected chi connectivity index (χ4v) is 18.0. The number of Topliss-reactive ketones (excluding diaryl/α,β-unsaturated/α-hetero) is 3. The quantitative estimate of drug-likeness (QED) is 0.0140. The number of carboxylic acids is 1. The number of carboxylic acid groups (broad SMARTS) is 1. The van der Waals surface area contributed by atoms with Gasteiger partial charge in [0.05, 0.1) is 75.6 Å². The molecule has 8 N–H and O–H groups in total. The van der Waals surface area contributed by atoms with Crippen molar-refractivity contribution < 1.29 is 86.3 Å². The highest BCUT2D eigenvalue weighted by Gasteiger charge is 2.46. The third kappa shape index (κ3) is 31.2. The summed E-state index contributed by atoms with van der Waals surface area (Å²) >= 11 is 1.47. The van der Waals surface area contributed by atoms with Crippen molar-refractivity contribution in [3.8, 4) is 0 Å². The number of hydrazine groups is 1. The molecule has 7 rings (SSSR count). The number of aryl methyl sites for hydroxylation is 1. The van der Waals surface area contributed by atoms with Crippen LogP contribution >= 0.6 is 11.3 Å². The molecule has 31 nitrogen and oxygen atoms in total. The number of likely N-dealkylation sites (tertiary alicyclic amines) is 1. The van der Waals surface area contributed by atoms with Gasteiger partial charge < -0.3 is 75.1 Å².